The van der Waals surface area contributed by atoms with E-state index in [-0.39, 0.29) is 76.7 Å². The maximum Gasteiger partial charge on any atom is 0.334 e. The minimum Gasteiger partial charge on any atom is -0.481 e. The highest BCUT2D eigenvalue weighted by molar-refractivity contribution is 5.91. The summed E-state index contributed by atoms with van der Waals surface area (Å²) in [4.78, 5) is 180. The van der Waals surface area contributed by atoms with Crippen molar-refractivity contribution in [1.29, 1.82) is 0 Å². The second-order valence-electron chi connectivity index (χ2n) is 18.5. The summed E-state index contributed by atoms with van der Waals surface area (Å²) in [5.41, 5.74) is 81.5. The van der Waals surface area contributed by atoms with E-state index in [9.17, 15) is 81.5 Å². The molecule has 46 nitrogen and oxygen atoms in total. The number of carbonyl (C=O) groups excluding carboxylic acids is 10. The second kappa shape index (κ2) is 56.6. The Kier molecular flexibility index (Phi) is 59.2. The van der Waals surface area contributed by atoms with Gasteiger partial charge in [0, 0.05) is 32.1 Å². The summed E-state index contributed by atoms with van der Waals surface area (Å²) in [7, 11) is 0. The number of aliphatic hydroxyl groups excluding tert-OH is 1. The lowest BCUT2D eigenvalue weighted by Crippen LogP contribution is -2.46. The van der Waals surface area contributed by atoms with Gasteiger partial charge in [-0.25, -0.2) is 9.59 Å². The molecule has 0 aliphatic carbocycles. The largest absolute Gasteiger partial charge is 0.481 e. The summed E-state index contributed by atoms with van der Waals surface area (Å²) < 4.78 is 23.1. The minimum atomic E-state index is -1.57. The number of carbonyl (C=O) groups is 17. The van der Waals surface area contributed by atoms with Crippen LogP contribution < -0.4 is 91.7 Å². The van der Waals surface area contributed by atoms with E-state index in [1.54, 1.807) is 13.8 Å². The lowest BCUT2D eigenvalue weighted by Gasteiger charge is -2.17. The first-order valence-electron chi connectivity index (χ1n) is 26.3. The van der Waals surface area contributed by atoms with Crippen molar-refractivity contribution >= 4 is 101 Å². The number of hydrogen-bond donors (Lipinski definition) is 24. The van der Waals surface area contributed by atoms with E-state index in [0.717, 1.165) is 0 Å². The fourth-order valence-electron chi connectivity index (χ4n) is 4.06. The van der Waals surface area contributed by atoms with E-state index < -0.39 is 201 Å². The molecule has 0 aromatic rings. The third kappa shape index (κ3) is 64.0. The smallest absolute Gasteiger partial charge is 0.334 e. The topological polar surface area (TPSA) is 915 Å². The summed E-state index contributed by atoms with van der Waals surface area (Å²) in [6.07, 6.45) is 0.157. The molecule has 0 aliphatic heterocycles. The number of aliphatic carboxylic acids is 7. The second-order valence-corrected chi connectivity index (χ2v) is 18.5. The number of esters is 6. The van der Waals surface area contributed by atoms with Gasteiger partial charge < -0.3 is 156 Å². The summed E-state index contributed by atoms with van der Waals surface area (Å²) in [6.45, 7) is 0.115. The summed E-state index contributed by atoms with van der Waals surface area (Å²) in [5.74, 6) is -16.3. The third-order valence-corrected chi connectivity index (χ3v) is 9.76. The predicted octanol–water partition coefficient (Wildman–Crippen LogP) is -13.2. The molecule has 0 fully saturated rings. The molecule has 0 bridgehead atoms. The van der Waals surface area contributed by atoms with Crippen LogP contribution in [-0.2, 0) is 105 Å². The lowest BCUT2D eigenvalue weighted by molar-refractivity contribution is -0.165. The number of hydrogen-bond acceptors (Lipinski definition) is 35. The van der Waals surface area contributed by atoms with Gasteiger partial charge in [-0.05, 0) is 38.0 Å². The maximum absolute atomic E-state index is 11.8. The van der Waals surface area contributed by atoms with Gasteiger partial charge >= 0.3 is 77.6 Å². The zero-order valence-corrected chi connectivity index (χ0v) is 50.5. The van der Waals surface area contributed by atoms with E-state index in [1.165, 1.54) is 0 Å². The molecule has 0 aliphatic rings. The number of amides is 4. The highest BCUT2D eigenvalue weighted by Gasteiger charge is 2.28. The fourth-order valence-corrected chi connectivity index (χ4v) is 4.06. The van der Waals surface area contributed by atoms with Gasteiger partial charge in [0.25, 0.3) is 0 Å². The number of carboxylic acids is 7. The van der Waals surface area contributed by atoms with Crippen molar-refractivity contribution in [3.05, 3.63) is 0 Å². The zero-order chi connectivity index (χ0) is 74.6. The van der Waals surface area contributed by atoms with Gasteiger partial charge in [-0.15, -0.1) is 0 Å². The number of rotatable bonds is 37. The molecule has 93 heavy (non-hydrogen) atoms. The van der Waals surface area contributed by atoms with Crippen molar-refractivity contribution in [2.45, 2.75) is 145 Å². The Morgan fingerprint density at radius 3 is 0.774 bits per heavy atom. The first-order valence-corrected chi connectivity index (χ1v) is 26.3. The first kappa shape index (κ1) is 97.3. The van der Waals surface area contributed by atoms with E-state index in [4.69, 9.17) is 136 Å². The number of ether oxygens (including phenoxy) is 5. The van der Waals surface area contributed by atoms with E-state index in [1.807, 2.05) is 0 Å². The van der Waals surface area contributed by atoms with Crippen molar-refractivity contribution < 1.29 is 146 Å². The standard InChI is InChI=1S/C17H31N5O10.C8H15N3O5.3C5H10N2O3.C5H9NO4.C2H5NO2/c1-7(2)12(22)17(28)31-4-9(19)14(25)30-6-11(21)16(27)32-15(26)10(20)5-29-13(24)8(18)3-23;9-4(1-2-6(11)12)8(15)16-3-5(10)7(13)14;4*6-3(5(9)10)1-2-4(7)8;3-1-2(4)5/h7-12,23H,3-6,18-22H2,1-2H3;4-5H,1-3,9-10H2,(H2,11,12)(H,13,14);3*3H,1-2,6H2,(H2,7,8)(H,9,10);3H,1-2,6H2,(H,7,8)(H,9,10);1,3H2,(H,4,5)/t8-,9-,10-,11-,12-;4-,5-;4*3-;/m000000./s1. The predicted molar refractivity (Wildman–Crippen MR) is 310 cm³/mol. The van der Waals surface area contributed by atoms with Crippen molar-refractivity contribution in [1.82, 2.24) is 0 Å². The number of nitrogens with two attached hydrogens (primary N) is 16. The molecule has 40 N–H and O–H groups in total. The van der Waals surface area contributed by atoms with Gasteiger partial charge in [-0.1, -0.05) is 13.8 Å². The molecule has 11 atom stereocenters. The van der Waals surface area contributed by atoms with Gasteiger partial charge in [0.2, 0.25) is 23.6 Å². The quantitative estimate of drug-likeness (QED) is 0.0156. The van der Waals surface area contributed by atoms with Crippen molar-refractivity contribution in [3.63, 3.8) is 0 Å². The van der Waals surface area contributed by atoms with Crippen LogP contribution in [0.4, 0.5) is 0 Å². The molecule has 46 heteroatoms. The molecule has 0 unspecified atom stereocenters. The van der Waals surface area contributed by atoms with Crippen molar-refractivity contribution in [3.8, 4) is 0 Å². The molecular weight excluding hydrogens is 1270 g/mol. The van der Waals surface area contributed by atoms with Crippen LogP contribution in [0.2, 0.25) is 0 Å². The molecule has 0 heterocycles. The highest BCUT2D eigenvalue weighted by Crippen LogP contribution is 2.03. The van der Waals surface area contributed by atoms with E-state index in [2.05, 4.69) is 19.9 Å². The maximum atomic E-state index is 11.8. The molecule has 0 rings (SSSR count). The SMILES string of the molecule is CC(C)[C@H](N)C(=O)OC[C@H](N)C(=O)OC[C@H](N)C(=O)OC(=O)[C@@H](N)COC(=O)[C@@H](N)CO.NC(=O)CC[C@H](N)C(=O)O.NC(=O)CC[C@H](N)C(=O)O.NC(=O)CC[C@H](N)C(=O)O.NC(=O)CC[C@H](N)C(=O)OC[C@H](N)C(=O)O.NCC(=O)O.N[C@@H](CCC(=O)O)C(=O)O. The molecule has 4 amide bonds. The van der Waals surface area contributed by atoms with E-state index in [0.29, 0.717) is 0 Å². The van der Waals surface area contributed by atoms with Gasteiger partial charge in [0.05, 0.1) is 13.2 Å². The molecule has 0 spiro atoms. The third-order valence-electron chi connectivity index (χ3n) is 9.76. The van der Waals surface area contributed by atoms with Gasteiger partial charge in [-0.3, -0.25) is 71.9 Å². The monoisotopic (exact) mass is 1360 g/mol. The van der Waals surface area contributed by atoms with Crippen LogP contribution >= 0.6 is 0 Å². The molecule has 0 aromatic heterocycles. The number of aliphatic hydroxyl groups is 1. The van der Waals surface area contributed by atoms with Crippen LogP contribution in [0.3, 0.4) is 0 Å². The number of primary amides is 4. The van der Waals surface area contributed by atoms with Gasteiger partial charge in [-0.2, -0.15) is 0 Å². The van der Waals surface area contributed by atoms with Crippen LogP contribution in [0.25, 0.3) is 0 Å². The van der Waals surface area contributed by atoms with Crippen LogP contribution in [-0.4, -0.2) is 248 Å². The Bertz CT molecular complexity index is 2260. The summed E-state index contributed by atoms with van der Waals surface area (Å²) in [5, 5.41) is 65.6. The fraction of sp³-hybridized carbons (Fsp3) is 0.638. The normalized spacial score (nSPS) is 13.5. The van der Waals surface area contributed by atoms with Gasteiger partial charge in [0.1, 0.15) is 92.9 Å². The van der Waals surface area contributed by atoms with Gasteiger partial charge in [0.15, 0.2) is 0 Å². The van der Waals surface area contributed by atoms with Crippen LogP contribution in [0.1, 0.15) is 78.1 Å². The Labute approximate surface area is 528 Å². The average Bonchev–Trinajstić information content (AvgIpc) is 2.84. The molecule has 0 radical (unpaired) electrons. The van der Waals surface area contributed by atoms with Crippen molar-refractivity contribution in [2.24, 2.45) is 97.7 Å². The van der Waals surface area contributed by atoms with Crippen molar-refractivity contribution in [2.75, 3.05) is 39.6 Å². The zero-order valence-electron chi connectivity index (χ0n) is 50.5. The summed E-state index contributed by atoms with van der Waals surface area (Å²) in [6, 6.07) is -13.0. The Morgan fingerprint density at radius 2 is 0.538 bits per heavy atom. The molecule has 538 valence electrons. The van der Waals surface area contributed by atoms with Crippen LogP contribution in [0.5, 0.6) is 0 Å². The average molecular weight is 1360 g/mol. The Balaban J connectivity index is -0.000000203. The summed E-state index contributed by atoms with van der Waals surface area (Å²) >= 11 is 0. The minimum absolute atomic E-state index is 0.0213. The molecular formula is C47H90N16O30. The molecule has 0 saturated carbocycles. The lowest BCUT2D eigenvalue weighted by atomic mass is 10.1. The molecule has 0 saturated heterocycles. The Morgan fingerprint density at radius 1 is 0.312 bits per heavy atom. The highest BCUT2D eigenvalue weighted by atomic mass is 16.6. The Hall–Kier alpha value is -9.33. The van der Waals surface area contributed by atoms with E-state index >= 15 is 0 Å². The first-order chi connectivity index (χ1) is 42.6. The number of carboxylic acid groups (broad SMARTS) is 7. The van der Waals surface area contributed by atoms with Crippen LogP contribution in [0, 0.1) is 5.92 Å². The molecule has 0 aromatic carbocycles. The van der Waals surface area contributed by atoms with Crippen LogP contribution in [0.15, 0.2) is 0 Å².